The fourth-order valence-corrected chi connectivity index (χ4v) is 4.12. The fraction of sp³-hybridized carbons (Fsp3) is 0.391. The first-order valence-corrected chi connectivity index (χ1v) is 26.1. The Bertz CT molecular complexity index is 2020. The molecule has 0 spiro atoms. The zero-order chi connectivity index (χ0) is 60.7. The lowest BCUT2D eigenvalue weighted by Gasteiger charge is -2.20. The number of aliphatic imine (C=N–C) groups is 1. The highest BCUT2D eigenvalue weighted by Gasteiger charge is 2.20. The topological polar surface area (TPSA) is 352 Å². The van der Waals surface area contributed by atoms with E-state index in [-0.39, 0.29) is 29.7 Å². The van der Waals surface area contributed by atoms with Crippen LogP contribution in [-0.4, -0.2) is 101 Å². The van der Waals surface area contributed by atoms with Crippen molar-refractivity contribution in [2.75, 3.05) is 56.7 Å². The second-order valence-electron chi connectivity index (χ2n) is 16.8. The van der Waals surface area contributed by atoms with Crippen molar-refractivity contribution in [1.82, 2.24) is 24.5 Å². The highest BCUT2D eigenvalue weighted by molar-refractivity contribution is 7.80. The first-order chi connectivity index (χ1) is 37.6. The van der Waals surface area contributed by atoms with Gasteiger partial charge in [0.1, 0.15) is 17.8 Å². The van der Waals surface area contributed by atoms with Gasteiger partial charge in [-0.2, -0.15) is 0 Å². The fourth-order valence-electron chi connectivity index (χ4n) is 3.96. The van der Waals surface area contributed by atoms with Crippen molar-refractivity contribution >= 4 is 35.9 Å². The number of allylic oxidation sites excluding steroid dienone is 1. The number of aromatic nitrogens is 5. The molecule has 1 aliphatic heterocycles. The molecule has 18 nitrogen and oxygen atoms in total. The number of para-hydroxylation sites is 3. The van der Waals surface area contributed by atoms with Gasteiger partial charge in [0.2, 0.25) is 0 Å². The number of pyridine rings is 1. The Kier molecular flexibility index (Phi) is 71.1. The molecule has 3 aromatic heterocycles. The van der Waals surface area contributed by atoms with Gasteiger partial charge in [-0.05, 0) is 139 Å². The molecule has 7 aromatic rings. The summed E-state index contributed by atoms with van der Waals surface area (Å²) in [4.78, 5) is 20.1. The number of nitrogens with zero attached hydrogens (tertiary/aromatic N) is 6. The number of imidazole rings is 1. The molecular formula is C64H113N13O5S. The lowest BCUT2D eigenvalue weighted by molar-refractivity contribution is 0.0697. The molecule has 0 aliphatic carbocycles. The molecule has 0 saturated carbocycles. The second kappa shape index (κ2) is 64.0. The minimum Gasteiger partial charge on any atom is -0.508 e. The summed E-state index contributed by atoms with van der Waals surface area (Å²) in [6.45, 7) is 18.9. The van der Waals surface area contributed by atoms with Crippen LogP contribution in [0.4, 0.5) is 17.1 Å². The number of nitrogen functional groups attached to an aromatic ring is 3. The first-order valence-electron chi connectivity index (χ1n) is 25.7. The molecule has 19 N–H and O–H groups in total. The van der Waals surface area contributed by atoms with Crippen molar-refractivity contribution in [3.63, 3.8) is 0 Å². The van der Waals surface area contributed by atoms with Gasteiger partial charge in [-0.15, -0.1) is 12.6 Å². The summed E-state index contributed by atoms with van der Waals surface area (Å²) in [6, 6.07) is 34.0. The van der Waals surface area contributed by atoms with E-state index in [9.17, 15) is 0 Å². The summed E-state index contributed by atoms with van der Waals surface area (Å²) in [7, 11) is 1.94. The minimum absolute atomic E-state index is 0. The predicted octanol–water partition coefficient (Wildman–Crippen LogP) is 11.3. The molecule has 83 heavy (non-hydrogen) atoms. The van der Waals surface area contributed by atoms with Crippen molar-refractivity contribution in [1.29, 1.82) is 0 Å². The van der Waals surface area contributed by atoms with Gasteiger partial charge >= 0.3 is 0 Å². The van der Waals surface area contributed by atoms with Gasteiger partial charge in [-0.3, -0.25) is 9.98 Å². The van der Waals surface area contributed by atoms with E-state index in [0.717, 1.165) is 89.7 Å². The summed E-state index contributed by atoms with van der Waals surface area (Å²) in [5.74, 6) is 0.736. The number of aliphatic hydroxyl groups is 3. The van der Waals surface area contributed by atoms with E-state index >= 15 is 0 Å². The van der Waals surface area contributed by atoms with Crippen LogP contribution in [0.15, 0.2) is 169 Å². The molecule has 1 aliphatic rings. The van der Waals surface area contributed by atoms with Crippen LogP contribution in [0, 0.1) is 41.5 Å². The van der Waals surface area contributed by atoms with Gasteiger partial charge in [0, 0.05) is 55.1 Å². The third-order valence-electron chi connectivity index (χ3n) is 9.52. The Balaban J connectivity index is -0.000000124. The van der Waals surface area contributed by atoms with Gasteiger partial charge < -0.3 is 70.2 Å². The molecule has 0 atom stereocenters. The Labute approximate surface area is 507 Å². The lowest BCUT2D eigenvalue weighted by atomic mass is 10.1. The standard InChI is InChI=1S/C7H9N.2C7H8O.C7H8S.C6H8N2.C5H7N3.C4H6N2.C4H11NO3.C4H5N.3C3H9N.4CH4/c4*1-6-4-2-3-5-7(6)8;1-5-6(7)3-2-4-8-5;1-4-5(6)2-7-3-8-4;1-6-3-2-5-4-6;5-4(1-6,2-7)3-8;1-2-4-5-3-1;3*1-2-3-4;;;;/h2-5H,8H2,1H3;3*2-5,8H,1H3;2-4H,7H2,1H3;2-3H,6H2,1H3;2-4H,1H3;6-8H,1-3,5H2;1,3-4H,2H2;3*2-4H2,1H3;4*1H4. The van der Waals surface area contributed by atoms with Crippen LogP contribution in [-0.2, 0) is 7.05 Å². The van der Waals surface area contributed by atoms with E-state index in [0.29, 0.717) is 17.2 Å². The van der Waals surface area contributed by atoms with Crippen LogP contribution in [0.5, 0.6) is 11.5 Å². The number of anilines is 3. The average Bonchev–Trinajstić information content (AvgIpc) is 4.23. The smallest absolute Gasteiger partial charge is 0.118 e. The predicted molar refractivity (Wildman–Crippen MR) is 363 cm³/mol. The van der Waals surface area contributed by atoms with Crippen molar-refractivity contribution < 1.29 is 25.5 Å². The maximum atomic E-state index is 8.92. The molecule has 4 heterocycles. The number of aliphatic hydroxyl groups excluding tert-OH is 3. The summed E-state index contributed by atoms with van der Waals surface area (Å²) < 4.78 is 1.89. The average molecular weight is 1180 g/mol. The molecule has 0 unspecified atom stereocenters. The van der Waals surface area contributed by atoms with Crippen molar-refractivity contribution in [3.05, 3.63) is 193 Å². The van der Waals surface area contributed by atoms with Gasteiger partial charge in [0.15, 0.2) is 0 Å². The Morgan fingerprint density at radius 3 is 1.13 bits per heavy atom. The summed E-state index contributed by atoms with van der Waals surface area (Å²) in [5, 5.41) is 42.9. The summed E-state index contributed by atoms with van der Waals surface area (Å²) in [6.07, 6.45) is 20.2. The van der Waals surface area contributed by atoms with E-state index in [1.165, 1.54) is 11.9 Å². The SMILES string of the molecule is C.C.C.C.C1=CN=CC1.CCCN.CCCN.CCCN.Cc1ccccc1N.Cc1ccccc1O.Cc1ccccc1O.Cc1ccccc1S.Cc1ncccc1N.Cc1ncncc1N.Cn1ccnc1.NC(CO)(CO)CO. The van der Waals surface area contributed by atoms with Crippen LogP contribution in [0.1, 0.15) is 110 Å². The monoisotopic (exact) mass is 1180 g/mol. The quantitative estimate of drug-likeness (QED) is 0.0543. The number of phenolic OH excluding ortho intramolecular Hbond substituents is 2. The van der Waals surface area contributed by atoms with E-state index in [1.54, 1.807) is 43.3 Å². The van der Waals surface area contributed by atoms with E-state index in [2.05, 4.69) is 58.3 Å². The Morgan fingerprint density at radius 2 is 0.952 bits per heavy atom. The van der Waals surface area contributed by atoms with Crippen LogP contribution in [0.3, 0.4) is 0 Å². The van der Waals surface area contributed by atoms with Gasteiger partial charge in [0.05, 0.1) is 60.6 Å². The molecule has 0 bridgehead atoms. The van der Waals surface area contributed by atoms with Crippen molar-refractivity contribution in [2.24, 2.45) is 35.0 Å². The van der Waals surface area contributed by atoms with Crippen LogP contribution >= 0.6 is 12.6 Å². The van der Waals surface area contributed by atoms with Crippen LogP contribution in [0.25, 0.3) is 0 Å². The number of hydrogen-bond donors (Lipinski definition) is 13. The molecule has 0 fully saturated rings. The first kappa shape index (κ1) is 92.3. The lowest BCUT2D eigenvalue weighted by Crippen LogP contribution is -2.50. The zero-order valence-electron chi connectivity index (χ0n) is 48.6. The van der Waals surface area contributed by atoms with Gasteiger partial charge in [0.25, 0.3) is 0 Å². The second-order valence-corrected chi connectivity index (χ2v) is 17.3. The number of aromatic hydroxyl groups is 2. The number of aryl methyl sites for hydroxylation is 7. The van der Waals surface area contributed by atoms with Crippen molar-refractivity contribution in [3.8, 4) is 11.5 Å². The number of benzene rings is 4. The minimum atomic E-state index is -1.21. The van der Waals surface area contributed by atoms with Crippen molar-refractivity contribution in [2.45, 2.75) is 128 Å². The number of hydrogen-bond acceptors (Lipinski definition) is 18. The third-order valence-corrected chi connectivity index (χ3v) is 10.0. The maximum Gasteiger partial charge on any atom is 0.118 e. The normalized spacial score (nSPS) is 9.23. The largest absolute Gasteiger partial charge is 0.508 e. The summed E-state index contributed by atoms with van der Waals surface area (Å²) in [5.41, 5.74) is 43.6. The molecule has 0 saturated heterocycles. The maximum absolute atomic E-state index is 8.92. The van der Waals surface area contributed by atoms with Crippen LogP contribution < -0.4 is 40.1 Å². The molecule has 0 radical (unpaired) electrons. The highest BCUT2D eigenvalue weighted by atomic mass is 32.1. The molecule has 19 heteroatoms. The van der Waals surface area contributed by atoms with Gasteiger partial charge in [-0.1, -0.05) is 129 Å². The Hall–Kier alpha value is -7.20. The molecule has 8 rings (SSSR count). The molecular weight excluding hydrogens is 1060 g/mol. The van der Waals surface area contributed by atoms with E-state index in [4.69, 9.17) is 65.7 Å². The van der Waals surface area contributed by atoms with Gasteiger partial charge in [-0.25, -0.2) is 15.0 Å². The highest BCUT2D eigenvalue weighted by Crippen LogP contribution is 2.13. The zero-order valence-corrected chi connectivity index (χ0v) is 49.5. The molecule has 4 aromatic carbocycles. The Morgan fingerprint density at radius 1 is 0.542 bits per heavy atom. The number of phenols is 2. The number of nitrogens with two attached hydrogens (primary N) is 7. The van der Waals surface area contributed by atoms with Crippen LogP contribution in [0.2, 0.25) is 0 Å². The third kappa shape index (κ3) is 57.8. The number of rotatable bonds is 6. The van der Waals surface area contributed by atoms with E-state index < -0.39 is 25.4 Å². The number of thiol groups is 1. The summed E-state index contributed by atoms with van der Waals surface area (Å²) >= 11 is 4.20. The van der Waals surface area contributed by atoms with E-state index in [1.807, 2.05) is 169 Å². The molecule has 470 valence electrons. The molecule has 0 amide bonds.